The second kappa shape index (κ2) is 4.13. The molecule has 0 saturated carbocycles. The van der Waals surface area contributed by atoms with Crippen LogP contribution in [0.5, 0.6) is 0 Å². The van der Waals surface area contributed by atoms with Gasteiger partial charge in [0, 0.05) is 23.0 Å². The molecule has 0 aliphatic carbocycles. The van der Waals surface area contributed by atoms with Gasteiger partial charge in [0.15, 0.2) is 5.58 Å². The molecule has 5 heteroatoms. The van der Waals surface area contributed by atoms with Gasteiger partial charge in [-0.15, -0.1) is 0 Å². The highest BCUT2D eigenvalue weighted by atomic mass is 16.4. The van der Waals surface area contributed by atoms with Crippen LogP contribution >= 0.6 is 0 Å². The Morgan fingerprint density at radius 2 is 2.11 bits per heavy atom. The van der Waals surface area contributed by atoms with E-state index in [2.05, 4.69) is 4.98 Å². The molecule has 2 N–H and O–H groups in total. The Kier molecular flexibility index (Phi) is 2.45. The van der Waals surface area contributed by atoms with Gasteiger partial charge in [-0.05, 0) is 29.8 Å². The second-order valence-electron chi connectivity index (χ2n) is 4.08. The first-order valence-electron chi connectivity index (χ1n) is 5.60. The number of aliphatic carboxylic acids is 1. The summed E-state index contributed by atoms with van der Waals surface area (Å²) in [6.07, 6.45) is 4.11. The van der Waals surface area contributed by atoms with Crippen molar-refractivity contribution in [3.05, 3.63) is 52.5 Å². The Labute approximate surface area is 106 Å². The molecule has 0 bridgehead atoms. The van der Waals surface area contributed by atoms with Crippen molar-refractivity contribution >= 4 is 34.0 Å². The van der Waals surface area contributed by atoms with Crippen molar-refractivity contribution in [1.82, 2.24) is 4.98 Å². The Hall–Kier alpha value is -2.82. The number of H-pyrrole nitrogens is 1. The number of benzene rings is 1. The number of carbonyl (C=O) groups is 1. The van der Waals surface area contributed by atoms with Gasteiger partial charge in [-0.25, -0.2) is 4.79 Å². The third-order valence-corrected chi connectivity index (χ3v) is 2.84. The van der Waals surface area contributed by atoms with Gasteiger partial charge in [0.25, 0.3) is 5.56 Å². The minimum atomic E-state index is -1.01. The second-order valence-corrected chi connectivity index (χ2v) is 4.08. The molecule has 1 aromatic carbocycles. The highest BCUT2D eigenvalue weighted by Crippen LogP contribution is 2.27. The number of nitrogens with one attached hydrogen (secondary N) is 1. The normalized spacial score (nSPS) is 11.6. The molecular formula is C14H9NO4. The van der Waals surface area contributed by atoms with E-state index in [-0.39, 0.29) is 11.1 Å². The molecule has 5 nitrogen and oxygen atoms in total. The molecule has 0 unspecified atom stereocenters. The molecule has 0 atom stereocenters. The highest BCUT2D eigenvalue weighted by molar-refractivity contribution is 6.05. The van der Waals surface area contributed by atoms with Crippen LogP contribution in [0.2, 0.25) is 0 Å². The molecule has 0 spiro atoms. The highest BCUT2D eigenvalue weighted by Gasteiger charge is 2.09. The summed E-state index contributed by atoms with van der Waals surface area (Å²) in [6.45, 7) is 0. The Bertz CT molecular complexity index is 870. The SMILES string of the molecule is O=C(O)/C=C/c1ccc2oc3c(=O)[nH]ccc3c2c1. The maximum atomic E-state index is 11.6. The summed E-state index contributed by atoms with van der Waals surface area (Å²) >= 11 is 0. The van der Waals surface area contributed by atoms with Gasteiger partial charge >= 0.3 is 5.97 Å². The predicted octanol–water partition coefficient (Wildman–Crippen LogP) is 2.37. The zero-order valence-electron chi connectivity index (χ0n) is 9.71. The van der Waals surface area contributed by atoms with Crippen LogP contribution in [0, 0.1) is 0 Å². The van der Waals surface area contributed by atoms with Crippen LogP contribution in [0.4, 0.5) is 0 Å². The third-order valence-electron chi connectivity index (χ3n) is 2.84. The lowest BCUT2D eigenvalue weighted by atomic mass is 10.1. The first-order chi connectivity index (χ1) is 9.15. The van der Waals surface area contributed by atoms with E-state index >= 15 is 0 Å². The van der Waals surface area contributed by atoms with Crippen LogP contribution in [-0.2, 0) is 4.79 Å². The number of aromatic amines is 1. The van der Waals surface area contributed by atoms with Gasteiger partial charge in [0.05, 0.1) is 0 Å². The van der Waals surface area contributed by atoms with Crippen molar-refractivity contribution in [2.24, 2.45) is 0 Å². The average Bonchev–Trinajstić information content (AvgIpc) is 2.76. The van der Waals surface area contributed by atoms with E-state index < -0.39 is 5.97 Å². The Morgan fingerprint density at radius 1 is 1.26 bits per heavy atom. The molecule has 0 aliphatic heterocycles. The molecule has 3 aromatic rings. The minimum absolute atomic E-state index is 0.275. The quantitative estimate of drug-likeness (QED) is 0.688. The maximum Gasteiger partial charge on any atom is 0.328 e. The number of aromatic nitrogens is 1. The molecule has 0 radical (unpaired) electrons. The molecule has 2 heterocycles. The van der Waals surface area contributed by atoms with Crippen LogP contribution in [0.25, 0.3) is 28.0 Å². The van der Waals surface area contributed by atoms with E-state index in [1.165, 1.54) is 6.08 Å². The lowest BCUT2D eigenvalue weighted by Crippen LogP contribution is -2.02. The molecule has 2 aromatic heterocycles. The average molecular weight is 255 g/mol. The summed E-state index contributed by atoms with van der Waals surface area (Å²) < 4.78 is 5.48. The molecule has 0 saturated heterocycles. The number of fused-ring (bicyclic) bond motifs is 3. The van der Waals surface area contributed by atoms with Gasteiger partial charge in [-0.1, -0.05) is 6.07 Å². The molecule has 3 rings (SSSR count). The summed E-state index contributed by atoms with van der Waals surface area (Å²) in [6, 6.07) is 7.00. The topological polar surface area (TPSA) is 83.3 Å². The number of furan rings is 1. The van der Waals surface area contributed by atoms with Gasteiger partial charge in [-0.2, -0.15) is 0 Å². The van der Waals surface area contributed by atoms with E-state index in [0.29, 0.717) is 11.0 Å². The molecule has 19 heavy (non-hydrogen) atoms. The van der Waals surface area contributed by atoms with Crippen molar-refractivity contribution in [3.63, 3.8) is 0 Å². The lowest BCUT2D eigenvalue weighted by Gasteiger charge is -1.93. The number of hydrogen-bond donors (Lipinski definition) is 2. The number of rotatable bonds is 2. The molecule has 0 aliphatic rings. The van der Waals surface area contributed by atoms with Gasteiger partial charge in [0.2, 0.25) is 0 Å². The maximum absolute atomic E-state index is 11.6. The fourth-order valence-corrected chi connectivity index (χ4v) is 2.01. The smallest absolute Gasteiger partial charge is 0.328 e. The minimum Gasteiger partial charge on any atom is -0.478 e. The standard InChI is InChI=1S/C14H9NO4/c16-12(17)4-2-8-1-3-11-10(7-8)9-5-6-15-14(18)13(9)19-11/h1-7H,(H,15,18)(H,16,17)/b4-2+. The van der Waals surface area contributed by atoms with Crippen molar-refractivity contribution in [2.75, 3.05) is 0 Å². The van der Waals surface area contributed by atoms with Crippen LogP contribution < -0.4 is 5.56 Å². The lowest BCUT2D eigenvalue weighted by molar-refractivity contribution is -0.131. The summed E-state index contributed by atoms with van der Waals surface area (Å²) in [5, 5.41) is 10.1. The van der Waals surface area contributed by atoms with E-state index in [9.17, 15) is 9.59 Å². The third kappa shape index (κ3) is 1.91. The van der Waals surface area contributed by atoms with Crippen molar-refractivity contribution in [3.8, 4) is 0 Å². The number of hydrogen-bond acceptors (Lipinski definition) is 3. The Balaban J connectivity index is 2.27. The largest absolute Gasteiger partial charge is 0.478 e. The fraction of sp³-hybridized carbons (Fsp3) is 0. The van der Waals surface area contributed by atoms with Crippen molar-refractivity contribution < 1.29 is 14.3 Å². The predicted molar refractivity (Wildman–Crippen MR) is 71.0 cm³/mol. The van der Waals surface area contributed by atoms with E-state index in [0.717, 1.165) is 17.0 Å². The van der Waals surface area contributed by atoms with Crippen molar-refractivity contribution in [1.29, 1.82) is 0 Å². The van der Waals surface area contributed by atoms with E-state index in [4.69, 9.17) is 9.52 Å². The summed E-state index contributed by atoms with van der Waals surface area (Å²) in [5.74, 6) is -1.01. The molecular weight excluding hydrogens is 246 g/mol. The van der Waals surface area contributed by atoms with Crippen LogP contribution in [0.3, 0.4) is 0 Å². The van der Waals surface area contributed by atoms with Gasteiger partial charge in [-0.3, -0.25) is 4.79 Å². The number of pyridine rings is 1. The summed E-state index contributed by atoms with van der Waals surface area (Å²) in [7, 11) is 0. The van der Waals surface area contributed by atoms with Gasteiger partial charge < -0.3 is 14.5 Å². The van der Waals surface area contributed by atoms with E-state index in [1.807, 2.05) is 0 Å². The Morgan fingerprint density at radius 3 is 2.89 bits per heavy atom. The molecule has 0 amide bonds. The van der Waals surface area contributed by atoms with Crippen molar-refractivity contribution in [2.45, 2.75) is 0 Å². The van der Waals surface area contributed by atoms with E-state index in [1.54, 1.807) is 30.5 Å². The molecule has 0 fully saturated rings. The first-order valence-corrected chi connectivity index (χ1v) is 5.60. The van der Waals surface area contributed by atoms with Gasteiger partial charge in [0.1, 0.15) is 5.58 Å². The zero-order chi connectivity index (χ0) is 13.4. The summed E-state index contributed by atoms with van der Waals surface area (Å²) in [4.78, 5) is 24.6. The molecule has 94 valence electrons. The van der Waals surface area contributed by atoms with Crippen LogP contribution in [-0.4, -0.2) is 16.1 Å². The van der Waals surface area contributed by atoms with Crippen LogP contribution in [0.1, 0.15) is 5.56 Å². The number of carboxylic acids is 1. The zero-order valence-corrected chi connectivity index (χ0v) is 9.71. The summed E-state index contributed by atoms with van der Waals surface area (Å²) in [5.41, 5.74) is 1.32. The monoisotopic (exact) mass is 255 g/mol. The number of carboxylic acid groups (broad SMARTS) is 1. The first kappa shape index (κ1) is 11.3. The fourth-order valence-electron chi connectivity index (χ4n) is 2.01. The van der Waals surface area contributed by atoms with Crippen LogP contribution in [0.15, 0.2) is 45.8 Å².